The fourth-order valence-corrected chi connectivity index (χ4v) is 5.78. The molecule has 0 radical (unpaired) electrons. The van der Waals surface area contributed by atoms with Crippen LogP contribution in [0.15, 0.2) is 47.4 Å². The fourth-order valence-electron chi connectivity index (χ4n) is 4.95. The topological polar surface area (TPSA) is 40.6 Å². The van der Waals surface area contributed by atoms with Crippen LogP contribution in [0.2, 0.25) is 0 Å². The van der Waals surface area contributed by atoms with Gasteiger partial charge in [0.15, 0.2) is 0 Å². The monoisotopic (exact) mass is 434 g/mol. The second-order valence-electron chi connectivity index (χ2n) is 9.18. The lowest BCUT2D eigenvalue weighted by Crippen LogP contribution is -2.48. The third-order valence-electron chi connectivity index (χ3n) is 6.43. The number of amides is 2. The van der Waals surface area contributed by atoms with Crippen molar-refractivity contribution < 1.29 is 9.59 Å². The molecule has 1 atom stereocenters. The van der Waals surface area contributed by atoms with Crippen molar-refractivity contribution in [2.24, 2.45) is 0 Å². The highest BCUT2D eigenvalue weighted by Crippen LogP contribution is 2.45. The summed E-state index contributed by atoms with van der Waals surface area (Å²) in [7, 11) is 0. The highest BCUT2D eigenvalue weighted by molar-refractivity contribution is 8.18. The molecule has 2 aromatic carbocycles. The van der Waals surface area contributed by atoms with E-state index in [2.05, 4.69) is 51.7 Å². The van der Waals surface area contributed by atoms with Gasteiger partial charge in [-0.2, -0.15) is 0 Å². The SMILES string of the molecule is CCN1c2cc(C)c(/C=C3/SC(=O)N(Cc4ccccc4)C3=O)cc2C(C)CC1(C)C. The number of rotatable bonds is 4. The predicted molar refractivity (Wildman–Crippen MR) is 129 cm³/mol. The summed E-state index contributed by atoms with van der Waals surface area (Å²) in [6, 6.07) is 14.1. The summed E-state index contributed by atoms with van der Waals surface area (Å²) in [6.45, 7) is 12.5. The predicted octanol–water partition coefficient (Wildman–Crippen LogP) is 6.34. The van der Waals surface area contributed by atoms with Gasteiger partial charge in [-0.25, -0.2) is 0 Å². The molecule has 5 heteroatoms. The minimum Gasteiger partial charge on any atom is -0.366 e. The van der Waals surface area contributed by atoms with E-state index in [-0.39, 0.29) is 16.7 Å². The molecular weight excluding hydrogens is 404 g/mol. The maximum Gasteiger partial charge on any atom is 0.293 e. The molecule has 0 aliphatic carbocycles. The first-order valence-electron chi connectivity index (χ1n) is 10.9. The molecular formula is C26H30N2O2S. The van der Waals surface area contributed by atoms with Crippen molar-refractivity contribution in [2.45, 2.75) is 59.0 Å². The number of imide groups is 1. The fraction of sp³-hybridized carbons (Fsp3) is 0.385. The van der Waals surface area contributed by atoms with Crippen LogP contribution in [0.1, 0.15) is 62.3 Å². The first-order valence-corrected chi connectivity index (χ1v) is 11.7. The maximum absolute atomic E-state index is 13.0. The van der Waals surface area contributed by atoms with Crippen LogP contribution in [0.5, 0.6) is 0 Å². The molecule has 0 saturated carbocycles. The van der Waals surface area contributed by atoms with E-state index in [0.717, 1.165) is 41.4 Å². The summed E-state index contributed by atoms with van der Waals surface area (Å²) >= 11 is 1.04. The number of aryl methyl sites for hydroxylation is 1. The van der Waals surface area contributed by atoms with Crippen molar-refractivity contribution in [2.75, 3.05) is 11.4 Å². The van der Waals surface area contributed by atoms with Crippen molar-refractivity contribution in [3.8, 4) is 0 Å². The minimum atomic E-state index is -0.208. The molecule has 31 heavy (non-hydrogen) atoms. The Morgan fingerprint density at radius 2 is 1.87 bits per heavy atom. The average Bonchev–Trinajstić information content (AvgIpc) is 2.97. The average molecular weight is 435 g/mol. The van der Waals surface area contributed by atoms with Crippen LogP contribution in [-0.4, -0.2) is 28.1 Å². The van der Waals surface area contributed by atoms with Crippen LogP contribution in [0.4, 0.5) is 10.5 Å². The van der Waals surface area contributed by atoms with Crippen molar-refractivity contribution in [3.05, 3.63) is 69.6 Å². The molecule has 4 nitrogen and oxygen atoms in total. The van der Waals surface area contributed by atoms with Gasteiger partial charge in [-0.05, 0) is 92.3 Å². The number of nitrogens with zero attached hydrogens (tertiary/aromatic N) is 2. The summed E-state index contributed by atoms with van der Waals surface area (Å²) < 4.78 is 0. The van der Waals surface area contributed by atoms with Gasteiger partial charge in [-0.1, -0.05) is 37.3 Å². The first-order chi connectivity index (χ1) is 14.7. The summed E-state index contributed by atoms with van der Waals surface area (Å²) in [5, 5.41) is -0.206. The van der Waals surface area contributed by atoms with Crippen molar-refractivity contribution >= 4 is 34.7 Å². The van der Waals surface area contributed by atoms with Crippen molar-refractivity contribution in [1.82, 2.24) is 4.90 Å². The van der Waals surface area contributed by atoms with Gasteiger partial charge >= 0.3 is 0 Å². The van der Waals surface area contributed by atoms with Crippen LogP contribution in [0, 0.1) is 6.92 Å². The highest BCUT2D eigenvalue weighted by Gasteiger charge is 2.37. The number of hydrogen-bond donors (Lipinski definition) is 0. The molecule has 1 saturated heterocycles. The lowest BCUT2D eigenvalue weighted by Gasteiger charge is -2.47. The van der Waals surface area contributed by atoms with E-state index < -0.39 is 0 Å². The number of carbonyl (C=O) groups excluding carboxylic acids is 2. The number of benzene rings is 2. The molecule has 2 aromatic rings. The second kappa shape index (κ2) is 8.19. The third kappa shape index (κ3) is 4.03. The zero-order chi connectivity index (χ0) is 22.3. The molecule has 0 N–H and O–H groups in total. The van der Waals surface area contributed by atoms with E-state index in [0.29, 0.717) is 17.4 Å². The molecule has 2 amide bonds. The molecule has 0 bridgehead atoms. The Kier molecular flexibility index (Phi) is 5.73. The van der Waals surface area contributed by atoms with E-state index in [9.17, 15) is 9.59 Å². The van der Waals surface area contributed by atoms with Gasteiger partial charge in [0, 0.05) is 17.8 Å². The number of fused-ring (bicyclic) bond motifs is 1. The van der Waals surface area contributed by atoms with Crippen LogP contribution in [0.3, 0.4) is 0 Å². The lowest BCUT2D eigenvalue weighted by molar-refractivity contribution is -0.123. The number of thioether (sulfide) groups is 1. The Labute approximate surface area is 189 Å². The molecule has 1 unspecified atom stereocenters. The molecule has 1 fully saturated rings. The van der Waals surface area contributed by atoms with Crippen molar-refractivity contribution in [3.63, 3.8) is 0 Å². The van der Waals surface area contributed by atoms with E-state index in [1.807, 2.05) is 36.4 Å². The Bertz CT molecular complexity index is 1060. The molecule has 2 heterocycles. The zero-order valence-electron chi connectivity index (χ0n) is 18.9. The van der Waals surface area contributed by atoms with Gasteiger partial charge in [-0.3, -0.25) is 14.5 Å². The third-order valence-corrected chi connectivity index (χ3v) is 7.34. The number of hydrogen-bond acceptors (Lipinski definition) is 4. The quantitative estimate of drug-likeness (QED) is 0.526. The molecule has 2 aliphatic rings. The van der Waals surface area contributed by atoms with Gasteiger partial charge < -0.3 is 4.90 Å². The van der Waals surface area contributed by atoms with Crippen LogP contribution < -0.4 is 4.90 Å². The standard InChI is InChI=1S/C26H30N2O2S/c1-6-28-22-12-17(2)20(13-21(22)18(3)15-26(28,4)5)14-23-24(29)27(25(30)31-23)16-19-10-8-7-9-11-19/h7-14,18H,6,15-16H2,1-5H3/b23-14+. The molecule has 162 valence electrons. The van der Waals surface area contributed by atoms with Crippen molar-refractivity contribution in [1.29, 1.82) is 0 Å². The van der Waals surface area contributed by atoms with Gasteiger partial charge in [0.25, 0.3) is 11.1 Å². The Morgan fingerprint density at radius 3 is 2.55 bits per heavy atom. The molecule has 2 aliphatic heterocycles. The van der Waals surface area contributed by atoms with Gasteiger partial charge in [-0.15, -0.1) is 0 Å². The highest BCUT2D eigenvalue weighted by atomic mass is 32.2. The summed E-state index contributed by atoms with van der Waals surface area (Å²) in [5.74, 6) is 0.231. The normalized spacial score (nSPS) is 21.7. The van der Waals surface area contributed by atoms with E-state index in [1.54, 1.807) is 0 Å². The Morgan fingerprint density at radius 1 is 1.16 bits per heavy atom. The van der Waals surface area contributed by atoms with E-state index in [4.69, 9.17) is 0 Å². The Balaban J connectivity index is 1.66. The molecule has 4 rings (SSSR count). The largest absolute Gasteiger partial charge is 0.366 e. The molecule has 0 spiro atoms. The first kappa shape index (κ1) is 21.7. The summed E-state index contributed by atoms with van der Waals surface area (Å²) in [4.78, 5) is 29.8. The van der Waals surface area contributed by atoms with Crippen LogP contribution in [-0.2, 0) is 11.3 Å². The van der Waals surface area contributed by atoms with E-state index >= 15 is 0 Å². The summed E-state index contributed by atoms with van der Waals surface area (Å²) in [5.41, 5.74) is 5.82. The number of anilines is 1. The van der Waals surface area contributed by atoms with E-state index in [1.165, 1.54) is 16.2 Å². The molecule has 0 aromatic heterocycles. The summed E-state index contributed by atoms with van der Waals surface area (Å²) in [6.07, 6.45) is 2.98. The number of carbonyl (C=O) groups is 2. The van der Waals surface area contributed by atoms with Gasteiger partial charge in [0.05, 0.1) is 11.4 Å². The lowest BCUT2D eigenvalue weighted by atomic mass is 9.79. The smallest absolute Gasteiger partial charge is 0.293 e. The minimum absolute atomic E-state index is 0.120. The van der Waals surface area contributed by atoms with Gasteiger partial charge in [0.2, 0.25) is 0 Å². The van der Waals surface area contributed by atoms with Crippen LogP contribution >= 0.6 is 11.8 Å². The second-order valence-corrected chi connectivity index (χ2v) is 10.2. The zero-order valence-corrected chi connectivity index (χ0v) is 19.8. The van der Waals surface area contributed by atoms with Gasteiger partial charge in [0.1, 0.15) is 0 Å². The van der Waals surface area contributed by atoms with Crippen LogP contribution in [0.25, 0.3) is 6.08 Å². The Hall–Kier alpha value is -2.53. The maximum atomic E-state index is 13.0.